The molecule has 1 aromatic heterocycles. The maximum Gasteiger partial charge on any atom is 0.240 e. The van der Waals surface area contributed by atoms with Crippen molar-refractivity contribution in [3.05, 3.63) is 18.2 Å². The molecule has 1 amide bonds. The van der Waals surface area contributed by atoms with Crippen molar-refractivity contribution in [2.45, 2.75) is 19.4 Å². The van der Waals surface area contributed by atoms with E-state index in [0.717, 1.165) is 5.82 Å². The van der Waals surface area contributed by atoms with E-state index in [-0.39, 0.29) is 11.9 Å². The Bertz CT molecular complexity index is 309. The van der Waals surface area contributed by atoms with Crippen LogP contribution in [0.4, 0.5) is 0 Å². The van der Waals surface area contributed by atoms with Crippen molar-refractivity contribution < 1.29 is 9.53 Å². The predicted molar refractivity (Wildman–Crippen MR) is 51.7 cm³/mol. The molecule has 2 N–H and O–H groups in total. The highest BCUT2D eigenvalue weighted by Crippen LogP contribution is 2.08. The first-order chi connectivity index (χ1) is 6.66. The number of ether oxygens (including phenoxy) is 1. The molecule has 0 aromatic carbocycles. The first kappa shape index (κ1) is 10.7. The lowest BCUT2D eigenvalue weighted by Crippen LogP contribution is -2.25. The molecule has 1 aromatic rings. The highest BCUT2D eigenvalue weighted by molar-refractivity contribution is 5.77. The van der Waals surface area contributed by atoms with E-state index in [1.807, 2.05) is 0 Å². The van der Waals surface area contributed by atoms with Crippen LogP contribution in [0.15, 0.2) is 12.4 Å². The molecule has 1 heterocycles. The molecular weight excluding hydrogens is 182 g/mol. The number of carbonyl (C=O) groups excluding carboxylic acids is 1. The molecule has 0 aliphatic rings. The second-order valence-corrected chi connectivity index (χ2v) is 3.07. The summed E-state index contributed by atoms with van der Waals surface area (Å²) in [5, 5.41) is 0. The molecule has 1 unspecified atom stereocenters. The lowest BCUT2D eigenvalue weighted by Gasteiger charge is -2.12. The van der Waals surface area contributed by atoms with E-state index in [4.69, 9.17) is 10.5 Å². The van der Waals surface area contributed by atoms with Crippen molar-refractivity contribution in [2.24, 2.45) is 5.73 Å². The highest BCUT2D eigenvalue weighted by atomic mass is 16.5. The molecule has 0 aliphatic heterocycles. The third-order valence-corrected chi connectivity index (χ3v) is 2.11. The van der Waals surface area contributed by atoms with Crippen molar-refractivity contribution in [3.8, 4) is 0 Å². The Hall–Kier alpha value is -1.36. The molecule has 5 nitrogen and oxygen atoms in total. The summed E-state index contributed by atoms with van der Waals surface area (Å²) in [7, 11) is 1.63. The van der Waals surface area contributed by atoms with Crippen LogP contribution in [0.3, 0.4) is 0 Å². The smallest absolute Gasteiger partial charge is 0.240 e. The Balaban J connectivity index is 2.76. The standard InChI is InChI=1S/C9H15N3O2/c1-7(9(10)13)12-5-4-11-8(12)3-6-14-2/h4-5,7H,3,6H2,1-2H3,(H2,10,13). The SMILES string of the molecule is COCCc1nccn1C(C)C(N)=O. The van der Waals surface area contributed by atoms with Crippen molar-refractivity contribution >= 4 is 5.91 Å². The number of primary amides is 1. The van der Waals surface area contributed by atoms with Crippen LogP contribution in [0.5, 0.6) is 0 Å². The molecule has 0 bridgehead atoms. The molecule has 1 rings (SSSR count). The van der Waals surface area contributed by atoms with Gasteiger partial charge in [0.05, 0.1) is 6.61 Å². The Labute approximate surface area is 82.9 Å². The number of methoxy groups -OCH3 is 1. The zero-order valence-corrected chi connectivity index (χ0v) is 8.43. The second-order valence-electron chi connectivity index (χ2n) is 3.07. The van der Waals surface area contributed by atoms with Gasteiger partial charge in [0.2, 0.25) is 5.91 Å². The molecule has 14 heavy (non-hydrogen) atoms. The van der Waals surface area contributed by atoms with Gasteiger partial charge in [0, 0.05) is 25.9 Å². The van der Waals surface area contributed by atoms with Gasteiger partial charge in [-0.2, -0.15) is 0 Å². The summed E-state index contributed by atoms with van der Waals surface area (Å²) >= 11 is 0. The summed E-state index contributed by atoms with van der Waals surface area (Å²) in [6.07, 6.45) is 4.09. The van der Waals surface area contributed by atoms with E-state index < -0.39 is 0 Å². The normalized spacial score (nSPS) is 12.7. The van der Waals surface area contributed by atoms with Gasteiger partial charge in [0.1, 0.15) is 11.9 Å². The van der Waals surface area contributed by atoms with Crippen LogP contribution in [-0.4, -0.2) is 29.2 Å². The number of aromatic nitrogens is 2. The molecule has 0 aliphatic carbocycles. The van der Waals surface area contributed by atoms with Gasteiger partial charge < -0.3 is 15.0 Å². The minimum absolute atomic E-state index is 0.357. The topological polar surface area (TPSA) is 70.1 Å². The number of hydrogen-bond acceptors (Lipinski definition) is 3. The van der Waals surface area contributed by atoms with Crippen molar-refractivity contribution in [1.29, 1.82) is 0 Å². The van der Waals surface area contributed by atoms with Gasteiger partial charge in [-0.25, -0.2) is 4.98 Å². The number of rotatable bonds is 5. The van der Waals surface area contributed by atoms with Crippen LogP contribution in [0, 0.1) is 0 Å². The Morgan fingerprint density at radius 2 is 2.50 bits per heavy atom. The molecule has 0 spiro atoms. The average Bonchev–Trinajstić information content (AvgIpc) is 2.61. The molecule has 0 saturated carbocycles. The van der Waals surface area contributed by atoms with Crippen LogP contribution in [-0.2, 0) is 16.0 Å². The van der Waals surface area contributed by atoms with E-state index in [2.05, 4.69) is 4.98 Å². The minimum atomic E-state index is -0.360. The Kier molecular flexibility index (Phi) is 3.64. The lowest BCUT2D eigenvalue weighted by atomic mass is 10.3. The third-order valence-electron chi connectivity index (χ3n) is 2.11. The third kappa shape index (κ3) is 2.32. The second kappa shape index (κ2) is 4.76. The van der Waals surface area contributed by atoms with Gasteiger partial charge in [-0.3, -0.25) is 4.79 Å². The van der Waals surface area contributed by atoms with Crippen molar-refractivity contribution in [3.63, 3.8) is 0 Å². The monoisotopic (exact) mass is 197 g/mol. The minimum Gasteiger partial charge on any atom is -0.384 e. The fourth-order valence-corrected chi connectivity index (χ4v) is 1.22. The summed E-state index contributed by atoms with van der Waals surface area (Å²) in [6.45, 7) is 2.34. The van der Waals surface area contributed by atoms with Gasteiger partial charge in [-0.15, -0.1) is 0 Å². The predicted octanol–water partition coefficient (Wildman–Crippen LogP) is 0.118. The number of hydrogen-bond donors (Lipinski definition) is 1. The van der Waals surface area contributed by atoms with Crippen LogP contribution in [0.1, 0.15) is 18.8 Å². The quantitative estimate of drug-likeness (QED) is 0.728. The van der Waals surface area contributed by atoms with Gasteiger partial charge in [-0.05, 0) is 6.92 Å². The van der Waals surface area contributed by atoms with E-state index in [1.165, 1.54) is 0 Å². The maximum absolute atomic E-state index is 11.0. The zero-order chi connectivity index (χ0) is 10.6. The molecule has 1 atom stereocenters. The van der Waals surface area contributed by atoms with Crippen molar-refractivity contribution in [1.82, 2.24) is 9.55 Å². The number of carbonyl (C=O) groups is 1. The van der Waals surface area contributed by atoms with Gasteiger partial charge in [0.25, 0.3) is 0 Å². The highest BCUT2D eigenvalue weighted by Gasteiger charge is 2.13. The largest absolute Gasteiger partial charge is 0.384 e. The van der Waals surface area contributed by atoms with Crippen LogP contribution in [0.2, 0.25) is 0 Å². The molecular formula is C9H15N3O2. The first-order valence-electron chi connectivity index (χ1n) is 4.46. The maximum atomic E-state index is 11.0. The van der Waals surface area contributed by atoms with Crippen LogP contribution < -0.4 is 5.73 Å². The Morgan fingerprint density at radius 1 is 1.79 bits per heavy atom. The summed E-state index contributed by atoms with van der Waals surface area (Å²) in [5.74, 6) is 0.458. The summed E-state index contributed by atoms with van der Waals surface area (Å²) < 4.78 is 6.71. The molecule has 5 heteroatoms. The fraction of sp³-hybridized carbons (Fsp3) is 0.556. The molecule has 0 fully saturated rings. The number of nitrogens with two attached hydrogens (primary N) is 1. The fourth-order valence-electron chi connectivity index (χ4n) is 1.22. The number of imidazole rings is 1. The summed E-state index contributed by atoms with van der Waals surface area (Å²) in [6, 6.07) is -0.357. The van der Waals surface area contributed by atoms with Crippen LogP contribution in [0.25, 0.3) is 0 Å². The number of nitrogens with zero attached hydrogens (tertiary/aromatic N) is 2. The average molecular weight is 197 g/mol. The summed E-state index contributed by atoms with van der Waals surface area (Å²) in [4.78, 5) is 15.1. The van der Waals surface area contributed by atoms with Gasteiger partial charge >= 0.3 is 0 Å². The van der Waals surface area contributed by atoms with E-state index in [1.54, 1.807) is 31.0 Å². The van der Waals surface area contributed by atoms with Gasteiger partial charge in [-0.1, -0.05) is 0 Å². The Morgan fingerprint density at radius 3 is 3.07 bits per heavy atom. The molecule has 0 saturated heterocycles. The zero-order valence-electron chi connectivity index (χ0n) is 8.43. The van der Waals surface area contributed by atoms with E-state index in [9.17, 15) is 4.79 Å². The van der Waals surface area contributed by atoms with Crippen LogP contribution >= 0.6 is 0 Å². The van der Waals surface area contributed by atoms with E-state index >= 15 is 0 Å². The van der Waals surface area contributed by atoms with Crippen molar-refractivity contribution in [2.75, 3.05) is 13.7 Å². The summed E-state index contributed by atoms with van der Waals surface area (Å²) in [5.41, 5.74) is 5.21. The van der Waals surface area contributed by atoms with Gasteiger partial charge in [0.15, 0.2) is 0 Å². The number of amides is 1. The van der Waals surface area contributed by atoms with E-state index in [0.29, 0.717) is 13.0 Å². The first-order valence-corrected chi connectivity index (χ1v) is 4.46. The molecule has 78 valence electrons. The lowest BCUT2D eigenvalue weighted by molar-refractivity contribution is -0.120. The molecule has 0 radical (unpaired) electrons.